The Kier molecular flexibility index (Phi) is 5.90. The lowest BCUT2D eigenvalue weighted by Crippen LogP contribution is -2.52. The molecule has 5 nitrogen and oxygen atoms in total. The molecule has 1 N–H and O–H groups in total. The van der Waals surface area contributed by atoms with Crippen LogP contribution in [0.1, 0.15) is 56.1 Å². The quantitative estimate of drug-likeness (QED) is 0.693. The first kappa shape index (κ1) is 22.7. The number of nitrogens with one attached hydrogen (secondary N) is 1. The van der Waals surface area contributed by atoms with Crippen LogP contribution < -0.4 is 5.32 Å². The zero-order chi connectivity index (χ0) is 23.2. The smallest absolute Gasteiger partial charge is 0.253 e. The van der Waals surface area contributed by atoms with Gasteiger partial charge in [-0.1, -0.05) is 51.1 Å². The molecule has 2 saturated carbocycles. The Morgan fingerprint density at radius 2 is 1.85 bits per heavy atom. The number of hydrogen-bond acceptors (Lipinski definition) is 3. The molecule has 1 aromatic carbocycles. The molecule has 2 aromatic rings. The van der Waals surface area contributed by atoms with Gasteiger partial charge < -0.3 is 14.6 Å². The maximum atomic E-state index is 13.7. The molecule has 1 aromatic heterocycles. The second-order valence-electron chi connectivity index (χ2n) is 11.3. The lowest BCUT2D eigenvalue weighted by atomic mass is 9.68. The maximum Gasteiger partial charge on any atom is 0.253 e. The second-order valence-corrected chi connectivity index (χ2v) is 11.3. The summed E-state index contributed by atoms with van der Waals surface area (Å²) >= 11 is 0. The van der Waals surface area contributed by atoms with Crippen molar-refractivity contribution < 1.29 is 9.53 Å². The van der Waals surface area contributed by atoms with Crippen molar-refractivity contribution in [3.8, 4) is 11.3 Å². The molecule has 0 spiro atoms. The fourth-order valence-corrected chi connectivity index (χ4v) is 6.95. The van der Waals surface area contributed by atoms with E-state index in [1.165, 1.54) is 19.3 Å². The molecule has 1 aliphatic heterocycles. The summed E-state index contributed by atoms with van der Waals surface area (Å²) < 4.78 is 7.85. The zero-order valence-electron chi connectivity index (χ0n) is 20.7. The van der Waals surface area contributed by atoms with Crippen LogP contribution in [-0.2, 0) is 11.3 Å². The van der Waals surface area contributed by atoms with Crippen molar-refractivity contribution in [2.75, 3.05) is 32.8 Å². The van der Waals surface area contributed by atoms with Crippen LogP contribution in [0, 0.1) is 23.7 Å². The monoisotopic (exact) mass is 449 g/mol. The molecular weight excluding hydrogens is 410 g/mol. The van der Waals surface area contributed by atoms with Crippen molar-refractivity contribution in [2.24, 2.45) is 16.7 Å². The number of carbonyl (C=O) groups is 1. The number of hydrogen-bond donors (Lipinski definition) is 1. The van der Waals surface area contributed by atoms with E-state index in [1.807, 2.05) is 6.07 Å². The van der Waals surface area contributed by atoms with E-state index in [1.54, 1.807) is 0 Å². The average Bonchev–Trinajstić information content (AvgIpc) is 3.43. The van der Waals surface area contributed by atoms with Crippen molar-refractivity contribution in [1.29, 1.82) is 0 Å². The van der Waals surface area contributed by atoms with Crippen LogP contribution in [-0.4, -0.2) is 54.3 Å². The van der Waals surface area contributed by atoms with E-state index < -0.39 is 0 Å². The van der Waals surface area contributed by atoms with E-state index in [9.17, 15) is 4.79 Å². The number of rotatable bonds is 6. The summed E-state index contributed by atoms with van der Waals surface area (Å²) in [5.74, 6) is 0.800. The van der Waals surface area contributed by atoms with Crippen molar-refractivity contribution in [1.82, 2.24) is 14.8 Å². The fraction of sp³-hybridized carbons (Fsp3) is 0.607. The molecular formula is C28H39N3O2. The van der Waals surface area contributed by atoms with Crippen LogP contribution in [0.25, 0.3) is 11.3 Å². The minimum atomic E-state index is 0.0849. The number of carbonyl (C=O) groups excluding carboxylic acids is 1. The molecule has 178 valence electrons. The average molecular weight is 450 g/mol. The van der Waals surface area contributed by atoms with Crippen LogP contribution >= 0.6 is 0 Å². The van der Waals surface area contributed by atoms with Gasteiger partial charge in [0.15, 0.2) is 0 Å². The van der Waals surface area contributed by atoms with Crippen molar-refractivity contribution in [3.05, 3.63) is 47.7 Å². The van der Waals surface area contributed by atoms with Gasteiger partial charge in [0.05, 0.1) is 18.8 Å². The molecule has 33 heavy (non-hydrogen) atoms. The highest BCUT2D eigenvalue weighted by Gasteiger charge is 2.59. The van der Waals surface area contributed by atoms with Crippen LogP contribution in [0.15, 0.2) is 36.4 Å². The topological polar surface area (TPSA) is 46.5 Å². The van der Waals surface area contributed by atoms with Crippen LogP contribution in [0.4, 0.5) is 0 Å². The van der Waals surface area contributed by atoms with Gasteiger partial charge in [-0.05, 0) is 54.6 Å². The molecule has 0 radical (unpaired) electrons. The number of morpholine rings is 1. The van der Waals surface area contributed by atoms with Crippen molar-refractivity contribution in [2.45, 2.75) is 59.5 Å². The minimum Gasteiger partial charge on any atom is -0.379 e. The maximum absolute atomic E-state index is 13.7. The summed E-state index contributed by atoms with van der Waals surface area (Å²) in [6, 6.07) is 12.8. The Hall–Kier alpha value is -2.11. The predicted octanol–water partition coefficient (Wildman–Crippen LogP) is 4.74. The molecule has 3 fully saturated rings. The zero-order valence-corrected chi connectivity index (χ0v) is 20.7. The molecule has 3 unspecified atom stereocenters. The molecule has 2 heterocycles. The molecule has 5 heteroatoms. The Balaban J connectivity index is 1.42. The first-order chi connectivity index (χ1) is 15.8. The van der Waals surface area contributed by atoms with Gasteiger partial charge in [0, 0.05) is 43.6 Å². The summed E-state index contributed by atoms with van der Waals surface area (Å²) in [6.45, 7) is 14.6. The van der Waals surface area contributed by atoms with E-state index in [2.05, 4.69) is 72.8 Å². The fourth-order valence-electron chi connectivity index (χ4n) is 6.95. The summed E-state index contributed by atoms with van der Waals surface area (Å²) in [6.07, 6.45) is 3.76. The molecule has 2 bridgehead atoms. The molecule has 3 aliphatic rings. The van der Waals surface area contributed by atoms with Gasteiger partial charge in [-0.3, -0.25) is 9.69 Å². The third-order valence-electron chi connectivity index (χ3n) is 8.97. The predicted molar refractivity (Wildman–Crippen MR) is 132 cm³/mol. The molecule has 5 rings (SSSR count). The Labute approximate surface area is 198 Å². The molecule has 1 saturated heterocycles. The first-order valence-corrected chi connectivity index (χ1v) is 12.7. The Morgan fingerprint density at radius 1 is 1.12 bits per heavy atom. The first-order valence-electron chi connectivity index (χ1n) is 12.7. The van der Waals surface area contributed by atoms with Gasteiger partial charge in [-0.15, -0.1) is 0 Å². The number of ether oxygens (including phenoxy) is 1. The standard InChI is InChI=1S/C28H39N3O2/c1-20-23(25(32)29-26-27(2,3)22-10-11-28(26,4)19-22)18-24(21-8-6-5-7-9-21)31(20)13-12-30-14-16-33-17-15-30/h5-9,18,22,26H,10-17,19H2,1-4H3,(H,29,32). The van der Waals surface area contributed by atoms with Crippen LogP contribution in [0.3, 0.4) is 0 Å². The van der Waals surface area contributed by atoms with Gasteiger partial charge in [-0.25, -0.2) is 0 Å². The van der Waals surface area contributed by atoms with Gasteiger partial charge >= 0.3 is 0 Å². The normalized spacial score (nSPS) is 28.8. The SMILES string of the molecule is Cc1c(C(=O)NC2C3(C)CCC(C3)C2(C)C)cc(-c2ccccc2)n1CCN1CCOCC1. The van der Waals surface area contributed by atoms with Crippen LogP contribution in [0.5, 0.6) is 0 Å². The van der Waals surface area contributed by atoms with Crippen molar-refractivity contribution >= 4 is 5.91 Å². The van der Waals surface area contributed by atoms with Gasteiger partial charge in [-0.2, -0.15) is 0 Å². The molecule has 2 aliphatic carbocycles. The summed E-state index contributed by atoms with van der Waals surface area (Å²) in [5.41, 5.74) is 4.54. The van der Waals surface area contributed by atoms with Crippen molar-refractivity contribution in [3.63, 3.8) is 0 Å². The third-order valence-corrected chi connectivity index (χ3v) is 8.97. The minimum absolute atomic E-state index is 0.0849. The molecule has 1 amide bonds. The highest BCUT2D eigenvalue weighted by Crippen LogP contribution is 2.62. The van der Waals surface area contributed by atoms with Gasteiger partial charge in [0.25, 0.3) is 5.91 Å². The summed E-state index contributed by atoms with van der Waals surface area (Å²) in [4.78, 5) is 16.1. The van der Waals surface area contributed by atoms with Gasteiger partial charge in [0.2, 0.25) is 0 Å². The van der Waals surface area contributed by atoms with E-state index in [0.29, 0.717) is 5.92 Å². The number of fused-ring (bicyclic) bond motifs is 2. The number of aromatic nitrogens is 1. The lowest BCUT2D eigenvalue weighted by molar-refractivity contribution is 0.0364. The highest BCUT2D eigenvalue weighted by molar-refractivity contribution is 5.97. The lowest BCUT2D eigenvalue weighted by Gasteiger charge is -2.43. The summed E-state index contributed by atoms with van der Waals surface area (Å²) in [7, 11) is 0. The highest BCUT2D eigenvalue weighted by atomic mass is 16.5. The Bertz CT molecular complexity index is 1000. The summed E-state index contributed by atoms with van der Waals surface area (Å²) in [5, 5.41) is 3.52. The van der Waals surface area contributed by atoms with E-state index in [0.717, 1.165) is 61.9 Å². The third kappa shape index (κ3) is 4.04. The van der Waals surface area contributed by atoms with E-state index >= 15 is 0 Å². The number of amides is 1. The molecule has 3 atom stereocenters. The van der Waals surface area contributed by atoms with E-state index in [-0.39, 0.29) is 22.8 Å². The number of nitrogens with zero attached hydrogens (tertiary/aromatic N) is 2. The largest absolute Gasteiger partial charge is 0.379 e. The van der Waals surface area contributed by atoms with E-state index in [4.69, 9.17) is 4.74 Å². The Morgan fingerprint density at radius 3 is 2.52 bits per heavy atom. The van der Waals surface area contributed by atoms with Crippen LogP contribution in [0.2, 0.25) is 0 Å². The number of benzene rings is 1. The van der Waals surface area contributed by atoms with Gasteiger partial charge in [0.1, 0.15) is 0 Å². The second kappa shape index (κ2) is 8.59.